The van der Waals surface area contributed by atoms with E-state index in [4.69, 9.17) is 28.2 Å². The van der Waals surface area contributed by atoms with E-state index in [2.05, 4.69) is 24.3 Å². The van der Waals surface area contributed by atoms with Crippen molar-refractivity contribution in [1.82, 2.24) is 4.98 Å². The lowest BCUT2D eigenvalue weighted by atomic mass is 9.94. The summed E-state index contributed by atoms with van der Waals surface area (Å²) in [5, 5.41) is 2.22. The summed E-state index contributed by atoms with van der Waals surface area (Å²) in [5.41, 5.74) is 4.70. The SMILES string of the molecule is CN(c1cc(Cl)cc(Cl)c1)c1nc2c(s1)CCc1ccccc1-2. The lowest BCUT2D eigenvalue weighted by Gasteiger charge is -2.16. The molecule has 0 N–H and O–H groups in total. The van der Waals surface area contributed by atoms with E-state index in [1.807, 2.05) is 24.1 Å². The number of anilines is 2. The van der Waals surface area contributed by atoms with Crippen LogP contribution in [0.5, 0.6) is 0 Å². The van der Waals surface area contributed by atoms with Crippen molar-refractivity contribution in [3.05, 3.63) is 63.0 Å². The first-order chi connectivity index (χ1) is 11.1. The van der Waals surface area contributed by atoms with Crippen molar-refractivity contribution in [2.45, 2.75) is 12.8 Å². The van der Waals surface area contributed by atoms with Crippen molar-refractivity contribution < 1.29 is 0 Å². The second-order valence-electron chi connectivity index (χ2n) is 5.61. The summed E-state index contributed by atoms with van der Waals surface area (Å²) in [6, 6.07) is 14.1. The van der Waals surface area contributed by atoms with Crippen LogP contribution < -0.4 is 4.90 Å². The van der Waals surface area contributed by atoms with Crippen molar-refractivity contribution in [1.29, 1.82) is 0 Å². The third kappa shape index (κ3) is 2.74. The monoisotopic (exact) mass is 360 g/mol. The quantitative estimate of drug-likeness (QED) is 0.558. The van der Waals surface area contributed by atoms with E-state index >= 15 is 0 Å². The van der Waals surface area contributed by atoms with Crippen LogP contribution in [0.2, 0.25) is 10.0 Å². The molecule has 2 nitrogen and oxygen atoms in total. The molecular formula is C18H14Cl2N2S. The number of benzene rings is 2. The number of rotatable bonds is 2. The summed E-state index contributed by atoms with van der Waals surface area (Å²) in [5.74, 6) is 0. The zero-order valence-electron chi connectivity index (χ0n) is 12.5. The summed E-state index contributed by atoms with van der Waals surface area (Å²) in [6.45, 7) is 0. The van der Waals surface area contributed by atoms with Crippen LogP contribution in [0.15, 0.2) is 42.5 Å². The maximum atomic E-state index is 6.12. The molecule has 23 heavy (non-hydrogen) atoms. The van der Waals surface area contributed by atoms with Gasteiger partial charge in [-0.05, 0) is 36.6 Å². The number of thiazole rings is 1. The molecule has 1 aromatic heterocycles. The van der Waals surface area contributed by atoms with Crippen molar-refractivity contribution in [2.75, 3.05) is 11.9 Å². The summed E-state index contributed by atoms with van der Waals surface area (Å²) >= 11 is 14.0. The van der Waals surface area contributed by atoms with Crippen LogP contribution in [0.1, 0.15) is 10.4 Å². The molecule has 0 saturated carbocycles. The normalized spacial score (nSPS) is 12.7. The fourth-order valence-corrected chi connectivity index (χ4v) is 4.49. The van der Waals surface area contributed by atoms with Gasteiger partial charge >= 0.3 is 0 Å². The Kier molecular flexibility index (Phi) is 3.80. The molecule has 0 saturated heterocycles. The number of nitrogens with zero attached hydrogens (tertiary/aromatic N) is 2. The van der Waals surface area contributed by atoms with Gasteiger partial charge in [0.2, 0.25) is 0 Å². The zero-order valence-corrected chi connectivity index (χ0v) is 14.8. The van der Waals surface area contributed by atoms with Gasteiger partial charge in [0.05, 0.1) is 5.69 Å². The number of fused-ring (bicyclic) bond motifs is 3. The van der Waals surface area contributed by atoms with E-state index in [1.54, 1.807) is 17.4 Å². The molecule has 116 valence electrons. The molecule has 1 heterocycles. The molecule has 0 bridgehead atoms. The minimum atomic E-state index is 0.631. The molecule has 0 aliphatic heterocycles. The fraction of sp³-hybridized carbons (Fsp3) is 0.167. The van der Waals surface area contributed by atoms with Gasteiger partial charge < -0.3 is 4.90 Å². The van der Waals surface area contributed by atoms with Crippen molar-refractivity contribution in [2.24, 2.45) is 0 Å². The third-order valence-electron chi connectivity index (χ3n) is 4.10. The molecule has 1 aliphatic rings. The van der Waals surface area contributed by atoms with E-state index in [0.29, 0.717) is 10.0 Å². The lowest BCUT2D eigenvalue weighted by molar-refractivity contribution is 0.954. The molecule has 0 atom stereocenters. The number of halogens is 2. The molecule has 0 amide bonds. The Morgan fingerprint density at radius 1 is 1.04 bits per heavy atom. The molecule has 1 aliphatic carbocycles. The van der Waals surface area contributed by atoms with E-state index in [0.717, 1.165) is 29.4 Å². The zero-order chi connectivity index (χ0) is 16.0. The predicted molar refractivity (Wildman–Crippen MR) is 99.5 cm³/mol. The van der Waals surface area contributed by atoms with Crippen LogP contribution >= 0.6 is 34.5 Å². The molecule has 0 radical (unpaired) electrons. The van der Waals surface area contributed by atoms with E-state index in [-0.39, 0.29) is 0 Å². The summed E-state index contributed by atoms with van der Waals surface area (Å²) in [6.07, 6.45) is 2.13. The summed E-state index contributed by atoms with van der Waals surface area (Å²) in [7, 11) is 2.00. The molecule has 0 spiro atoms. The van der Waals surface area contributed by atoms with E-state index in [1.165, 1.54) is 16.0 Å². The van der Waals surface area contributed by atoms with Crippen LogP contribution in [0, 0.1) is 0 Å². The summed E-state index contributed by atoms with van der Waals surface area (Å²) in [4.78, 5) is 8.28. The van der Waals surface area contributed by atoms with Gasteiger partial charge in [0, 0.05) is 33.2 Å². The Morgan fingerprint density at radius 3 is 2.57 bits per heavy atom. The predicted octanol–water partition coefficient (Wildman–Crippen LogP) is 5.98. The number of hydrogen-bond donors (Lipinski definition) is 0. The van der Waals surface area contributed by atoms with Gasteiger partial charge in [-0.3, -0.25) is 0 Å². The van der Waals surface area contributed by atoms with Gasteiger partial charge in [-0.2, -0.15) is 0 Å². The highest BCUT2D eigenvalue weighted by molar-refractivity contribution is 7.16. The lowest BCUT2D eigenvalue weighted by Crippen LogP contribution is -2.09. The molecule has 0 fully saturated rings. The first-order valence-corrected chi connectivity index (χ1v) is 8.97. The minimum Gasteiger partial charge on any atom is -0.321 e. The second-order valence-corrected chi connectivity index (χ2v) is 7.55. The minimum absolute atomic E-state index is 0.631. The Labute approximate surface area is 149 Å². The molecule has 0 unspecified atom stereocenters. The molecule has 2 aromatic carbocycles. The van der Waals surface area contributed by atoms with Gasteiger partial charge in [0.25, 0.3) is 0 Å². The molecular weight excluding hydrogens is 347 g/mol. The van der Waals surface area contributed by atoms with Crippen LogP contribution in [-0.2, 0) is 12.8 Å². The van der Waals surface area contributed by atoms with Crippen LogP contribution in [0.3, 0.4) is 0 Å². The highest BCUT2D eigenvalue weighted by Crippen LogP contribution is 2.41. The first kappa shape index (κ1) is 15.0. The standard InChI is InChI=1S/C18H14Cl2N2S/c1-22(14-9-12(19)8-13(20)10-14)18-21-17-15-5-3-2-4-11(15)6-7-16(17)23-18/h2-5,8-10H,6-7H2,1H3. The van der Waals surface area contributed by atoms with Gasteiger partial charge in [0.1, 0.15) is 0 Å². The Hall–Kier alpha value is -1.55. The topological polar surface area (TPSA) is 16.1 Å². The van der Waals surface area contributed by atoms with E-state index < -0.39 is 0 Å². The van der Waals surface area contributed by atoms with Crippen molar-refractivity contribution in [3.63, 3.8) is 0 Å². The first-order valence-electron chi connectivity index (χ1n) is 7.39. The highest BCUT2D eigenvalue weighted by atomic mass is 35.5. The van der Waals surface area contributed by atoms with Gasteiger partial charge in [0.15, 0.2) is 5.13 Å². The van der Waals surface area contributed by atoms with Crippen LogP contribution in [0.25, 0.3) is 11.3 Å². The Bertz CT molecular complexity index is 868. The van der Waals surface area contributed by atoms with Crippen LogP contribution in [0.4, 0.5) is 10.8 Å². The number of hydrogen-bond acceptors (Lipinski definition) is 3. The molecule has 5 heteroatoms. The largest absolute Gasteiger partial charge is 0.321 e. The Morgan fingerprint density at radius 2 is 1.78 bits per heavy atom. The third-order valence-corrected chi connectivity index (χ3v) is 5.73. The fourth-order valence-electron chi connectivity index (χ4n) is 2.92. The second kappa shape index (κ2) is 5.82. The van der Waals surface area contributed by atoms with Crippen molar-refractivity contribution >= 4 is 45.4 Å². The van der Waals surface area contributed by atoms with Gasteiger partial charge in [-0.25, -0.2) is 4.98 Å². The Balaban J connectivity index is 1.76. The average molecular weight is 361 g/mol. The maximum Gasteiger partial charge on any atom is 0.190 e. The maximum absolute atomic E-state index is 6.12. The smallest absolute Gasteiger partial charge is 0.190 e. The van der Waals surface area contributed by atoms with Crippen LogP contribution in [-0.4, -0.2) is 12.0 Å². The molecule has 4 rings (SSSR count). The molecule has 3 aromatic rings. The van der Waals surface area contributed by atoms with Gasteiger partial charge in [-0.15, -0.1) is 11.3 Å². The average Bonchev–Trinajstić information content (AvgIpc) is 2.98. The number of aromatic nitrogens is 1. The summed E-state index contributed by atoms with van der Waals surface area (Å²) < 4.78 is 0. The van der Waals surface area contributed by atoms with E-state index in [9.17, 15) is 0 Å². The highest BCUT2D eigenvalue weighted by Gasteiger charge is 2.22. The van der Waals surface area contributed by atoms with Crippen molar-refractivity contribution in [3.8, 4) is 11.3 Å². The number of aryl methyl sites for hydroxylation is 2. The van der Waals surface area contributed by atoms with Gasteiger partial charge in [-0.1, -0.05) is 47.5 Å².